The van der Waals surface area contributed by atoms with E-state index in [1.54, 1.807) is 6.92 Å². The molecule has 0 atom stereocenters. The number of esters is 1. The largest absolute Gasteiger partial charge is 0.488 e. The summed E-state index contributed by atoms with van der Waals surface area (Å²) in [5, 5.41) is 0. The third-order valence-electron chi connectivity index (χ3n) is 5.38. The van der Waals surface area contributed by atoms with Crippen LogP contribution < -0.4 is 4.74 Å². The topological polar surface area (TPSA) is 65.5 Å². The summed E-state index contributed by atoms with van der Waals surface area (Å²) in [5.41, 5.74) is 4.22. The van der Waals surface area contributed by atoms with E-state index in [0.717, 1.165) is 11.8 Å². The number of aromatic nitrogens is 1. The van der Waals surface area contributed by atoms with Gasteiger partial charge in [-0.1, -0.05) is 76.2 Å². The number of pyridine rings is 1. The van der Waals surface area contributed by atoms with Crippen LogP contribution in [0.5, 0.6) is 5.75 Å². The van der Waals surface area contributed by atoms with Crippen molar-refractivity contribution >= 4 is 12.3 Å². The van der Waals surface area contributed by atoms with Gasteiger partial charge in [0.25, 0.3) is 0 Å². The number of hydrogen-bond acceptors (Lipinski definition) is 5. The van der Waals surface area contributed by atoms with Crippen LogP contribution in [0.25, 0.3) is 11.1 Å². The number of rotatable bonds is 9. The van der Waals surface area contributed by atoms with Crippen molar-refractivity contribution in [1.29, 1.82) is 0 Å². The number of para-hydroxylation sites is 1. The minimum Gasteiger partial charge on any atom is -0.488 e. The SMILES string of the molecule is CCOC(=O)c1c(C(C)C)nc(C(C)C)c(C=O)c1-c1ccccc1OCc1ccccc1. The molecule has 0 bridgehead atoms. The molecule has 33 heavy (non-hydrogen) atoms. The maximum atomic E-state index is 13.2. The summed E-state index contributed by atoms with van der Waals surface area (Å²) in [6.45, 7) is 10.3. The van der Waals surface area contributed by atoms with Gasteiger partial charge in [-0.2, -0.15) is 0 Å². The highest BCUT2D eigenvalue weighted by Crippen LogP contribution is 2.40. The Balaban J connectivity index is 2.29. The Bertz CT molecular complexity index is 1120. The number of carbonyl (C=O) groups excluding carboxylic acids is 2. The number of carbonyl (C=O) groups is 2. The van der Waals surface area contributed by atoms with Gasteiger partial charge in [-0.25, -0.2) is 4.79 Å². The molecule has 0 radical (unpaired) electrons. The molecular formula is C28H31NO4. The van der Waals surface area contributed by atoms with Gasteiger partial charge in [0.1, 0.15) is 12.4 Å². The van der Waals surface area contributed by atoms with Crippen molar-refractivity contribution in [3.05, 3.63) is 82.7 Å². The molecule has 0 spiro atoms. The number of ether oxygens (including phenoxy) is 2. The van der Waals surface area contributed by atoms with E-state index in [2.05, 4.69) is 0 Å². The smallest absolute Gasteiger partial charge is 0.340 e. The molecule has 0 N–H and O–H groups in total. The zero-order valence-corrected chi connectivity index (χ0v) is 19.9. The van der Waals surface area contributed by atoms with Crippen LogP contribution in [-0.4, -0.2) is 23.8 Å². The van der Waals surface area contributed by atoms with Crippen LogP contribution in [0.15, 0.2) is 54.6 Å². The Morgan fingerprint density at radius 2 is 1.58 bits per heavy atom. The first-order chi connectivity index (χ1) is 15.9. The third kappa shape index (κ3) is 5.30. The van der Waals surface area contributed by atoms with Crippen molar-refractivity contribution in [2.45, 2.75) is 53.1 Å². The lowest BCUT2D eigenvalue weighted by Gasteiger charge is -2.23. The maximum absolute atomic E-state index is 13.2. The van der Waals surface area contributed by atoms with E-state index in [1.165, 1.54) is 0 Å². The predicted molar refractivity (Wildman–Crippen MR) is 130 cm³/mol. The minimum atomic E-state index is -0.486. The molecule has 0 aliphatic heterocycles. The first kappa shape index (κ1) is 24.2. The zero-order valence-electron chi connectivity index (χ0n) is 19.9. The third-order valence-corrected chi connectivity index (χ3v) is 5.38. The van der Waals surface area contributed by atoms with Crippen molar-refractivity contribution in [2.24, 2.45) is 0 Å². The minimum absolute atomic E-state index is 0.00454. The Hall–Kier alpha value is -3.47. The quantitative estimate of drug-likeness (QED) is 0.275. The number of benzene rings is 2. The number of aldehydes is 1. The predicted octanol–water partition coefficient (Wildman–Crippen LogP) is 6.56. The second kappa shape index (κ2) is 10.9. The summed E-state index contributed by atoms with van der Waals surface area (Å²) in [5.74, 6) is 0.0550. The molecule has 3 rings (SSSR count). The summed E-state index contributed by atoms with van der Waals surface area (Å²) in [6.07, 6.45) is 0.790. The van der Waals surface area contributed by atoms with Gasteiger partial charge < -0.3 is 9.47 Å². The molecule has 5 nitrogen and oxygen atoms in total. The van der Waals surface area contributed by atoms with Gasteiger partial charge in [-0.15, -0.1) is 0 Å². The summed E-state index contributed by atoms with van der Waals surface area (Å²) in [4.78, 5) is 30.4. The monoisotopic (exact) mass is 445 g/mol. The highest BCUT2D eigenvalue weighted by molar-refractivity contribution is 6.05. The van der Waals surface area contributed by atoms with Crippen molar-refractivity contribution in [3.63, 3.8) is 0 Å². The van der Waals surface area contributed by atoms with Crippen LogP contribution in [-0.2, 0) is 11.3 Å². The molecule has 0 amide bonds. The molecule has 172 valence electrons. The second-order valence-corrected chi connectivity index (χ2v) is 8.46. The number of nitrogens with zero attached hydrogens (tertiary/aromatic N) is 1. The molecule has 0 aliphatic rings. The van der Waals surface area contributed by atoms with Crippen LogP contribution in [0.2, 0.25) is 0 Å². The van der Waals surface area contributed by atoms with Crippen LogP contribution >= 0.6 is 0 Å². The van der Waals surface area contributed by atoms with E-state index in [1.807, 2.05) is 82.3 Å². The molecule has 0 aliphatic carbocycles. The second-order valence-electron chi connectivity index (χ2n) is 8.46. The molecule has 0 saturated heterocycles. The molecule has 5 heteroatoms. The van der Waals surface area contributed by atoms with E-state index in [-0.39, 0.29) is 18.4 Å². The average molecular weight is 446 g/mol. The van der Waals surface area contributed by atoms with Crippen LogP contribution in [0.4, 0.5) is 0 Å². The first-order valence-electron chi connectivity index (χ1n) is 11.3. The molecule has 0 saturated carbocycles. The van der Waals surface area contributed by atoms with E-state index in [0.29, 0.717) is 46.0 Å². The van der Waals surface area contributed by atoms with Crippen molar-refractivity contribution in [3.8, 4) is 16.9 Å². The lowest BCUT2D eigenvalue weighted by atomic mass is 9.87. The van der Waals surface area contributed by atoms with Crippen molar-refractivity contribution in [1.82, 2.24) is 4.98 Å². The van der Waals surface area contributed by atoms with Crippen LogP contribution in [0.1, 0.15) is 84.1 Å². The molecule has 1 heterocycles. The van der Waals surface area contributed by atoms with E-state index >= 15 is 0 Å². The maximum Gasteiger partial charge on any atom is 0.340 e. The zero-order chi connectivity index (χ0) is 24.0. The Morgan fingerprint density at radius 3 is 2.18 bits per heavy atom. The van der Waals surface area contributed by atoms with Gasteiger partial charge in [0.2, 0.25) is 0 Å². The normalized spacial score (nSPS) is 11.0. The fourth-order valence-electron chi connectivity index (χ4n) is 3.84. The Morgan fingerprint density at radius 1 is 0.939 bits per heavy atom. The summed E-state index contributed by atoms with van der Waals surface area (Å²) in [6, 6.07) is 17.3. The van der Waals surface area contributed by atoms with Gasteiger partial charge in [-0.05, 0) is 30.4 Å². The first-order valence-corrected chi connectivity index (χ1v) is 11.3. The highest BCUT2D eigenvalue weighted by atomic mass is 16.5. The molecular weight excluding hydrogens is 414 g/mol. The highest BCUT2D eigenvalue weighted by Gasteiger charge is 2.29. The lowest BCUT2D eigenvalue weighted by Crippen LogP contribution is -2.17. The van der Waals surface area contributed by atoms with Gasteiger partial charge in [0.15, 0.2) is 6.29 Å². The van der Waals surface area contributed by atoms with Crippen molar-refractivity contribution in [2.75, 3.05) is 6.61 Å². The summed E-state index contributed by atoms with van der Waals surface area (Å²) >= 11 is 0. The van der Waals surface area contributed by atoms with Crippen molar-refractivity contribution < 1.29 is 19.1 Å². The van der Waals surface area contributed by atoms with Gasteiger partial charge >= 0.3 is 5.97 Å². The molecule has 2 aromatic carbocycles. The van der Waals surface area contributed by atoms with Gasteiger partial charge in [0.05, 0.1) is 23.6 Å². The fourth-order valence-corrected chi connectivity index (χ4v) is 3.84. The molecule has 0 unspecified atom stereocenters. The van der Waals surface area contributed by atoms with Gasteiger partial charge in [-0.3, -0.25) is 9.78 Å². The Kier molecular flexibility index (Phi) is 7.99. The van der Waals surface area contributed by atoms with E-state index < -0.39 is 5.97 Å². The molecule has 1 aromatic heterocycles. The molecule has 3 aromatic rings. The van der Waals surface area contributed by atoms with Crippen LogP contribution in [0.3, 0.4) is 0 Å². The average Bonchev–Trinajstić information content (AvgIpc) is 2.82. The van der Waals surface area contributed by atoms with Gasteiger partial charge in [0, 0.05) is 16.7 Å². The van der Waals surface area contributed by atoms with Crippen LogP contribution in [0, 0.1) is 0 Å². The summed E-state index contributed by atoms with van der Waals surface area (Å²) in [7, 11) is 0. The lowest BCUT2D eigenvalue weighted by molar-refractivity contribution is 0.0525. The van der Waals surface area contributed by atoms with E-state index in [9.17, 15) is 9.59 Å². The molecule has 0 fully saturated rings. The number of hydrogen-bond donors (Lipinski definition) is 0. The van der Waals surface area contributed by atoms with E-state index in [4.69, 9.17) is 14.5 Å². The standard InChI is InChI=1S/C28H31NO4/c1-6-32-28(31)25-24(22(16-30)26(18(2)3)29-27(25)19(4)5)21-14-10-11-15-23(21)33-17-20-12-8-7-9-13-20/h7-16,18-19H,6,17H2,1-5H3. The fraction of sp³-hybridized carbons (Fsp3) is 0.321. The Labute approximate surface area is 195 Å². The summed E-state index contributed by atoms with van der Waals surface area (Å²) < 4.78 is 11.6.